The molecule has 0 saturated heterocycles. The molecule has 0 atom stereocenters. The van der Waals surface area contributed by atoms with E-state index in [4.69, 9.17) is 0 Å². The number of aromatic nitrogens is 1. The summed E-state index contributed by atoms with van der Waals surface area (Å²) in [4.78, 5) is 4.98. The molecular weight excluding hydrogens is 1170 g/mol. The third-order valence-corrected chi connectivity index (χ3v) is 19.1. The maximum atomic E-state index is 10.8. The Balaban J connectivity index is 0.922. The first-order valence-electron chi connectivity index (χ1n) is 32.0. The van der Waals surface area contributed by atoms with E-state index >= 15 is 0 Å². The van der Waals surface area contributed by atoms with Gasteiger partial charge in [-0.1, -0.05) is 212 Å². The van der Waals surface area contributed by atoms with Gasteiger partial charge in [0.15, 0.2) is 0 Å². The lowest BCUT2D eigenvalue weighted by Gasteiger charge is -2.44. The molecule has 2 aliphatic heterocycles. The third kappa shape index (κ3) is 9.49. The molecule has 2 aliphatic rings. The van der Waals surface area contributed by atoms with E-state index < -0.39 is 0 Å². The Morgan fingerprint density at radius 2 is 0.656 bits per heavy atom. The van der Waals surface area contributed by atoms with Crippen LogP contribution in [-0.4, -0.2) is 11.3 Å². The number of anilines is 6. The van der Waals surface area contributed by atoms with Crippen molar-refractivity contribution in [2.24, 2.45) is 0 Å². The highest BCUT2D eigenvalue weighted by molar-refractivity contribution is 7.00. The van der Waals surface area contributed by atoms with Crippen LogP contribution in [0.25, 0.3) is 105 Å². The van der Waals surface area contributed by atoms with E-state index in [2.05, 4.69) is 306 Å². The summed E-state index contributed by atoms with van der Waals surface area (Å²) in [6, 6.07) is 120. The Bertz CT molecular complexity index is 5620. The zero-order chi connectivity index (χ0) is 64.4. The molecule has 96 heavy (non-hydrogen) atoms. The number of para-hydroxylation sites is 1. The fraction of sp³-hybridized carbons (Fsp3) is 0. The van der Waals surface area contributed by atoms with Gasteiger partial charge in [-0.3, -0.25) is 0 Å². The second kappa shape index (κ2) is 23.3. The molecule has 14 aromatic carbocycles. The monoisotopic (exact) mass is 1220 g/mol. The van der Waals surface area contributed by atoms with Crippen LogP contribution in [0.3, 0.4) is 0 Å². The molecule has 442 valence electrons. The first kappa shape index (κ1) is 56.5. The normalized spacial score (nSPS) is 11.9. The van der Waals surface area contributed by atoms with Crippen LogP contribution in [0.5, 0.6) is 0 Å². The number of benzene rings is 14. The summed E-state index contributed by atoms with van der Waals surface area (Å²) in [5.74, 6) is 0. The van der Waals surface area contributed by atoms with Crippen LogP contribution in [0.15, 0.2) is 315 Å². The molecular formula is C88H52BN7. The summed E-state index contributed by atoms with van der Waals surface area (Å²) in [6.07, 6.45) is 0. The summed E-state index contributed by atoms with van der Waals surface area (Å²) in [6.45, 7) is -0.192. The van der Waals surface area contributed by atoms with Crippen LogP contribution in [0, 0.1) is 45.3 Å². The topological polar surface area (TPSA) is 107 Å². The van der Waals surface area contributed by atoms with Gasteiger partial charge in [-0.2, -0.15) is 21.0 Å². The van der Waals surface area contributed by atoms with Crippen molar-refractivity contribution in [1.82, 2.24) is 4.57 Å². The van der Waals surface area contributed by atoms with E-state index in [-0.39, 0.29) is 6.71 Å². The quantitative estimate of drug-likeness (QED) is 0.126. The molecule has 8 heteroatoms. The van der Waals surface area contributed by atoms with Crippen molar-refractivity contribution in [3.8, 4) is 108 Å². The molecule has 3 heterocycles. The predicted molar refractivity (Wildman–Crippen MR) is 392 cm³/mol. The van der Waals surface area contributed by atoms with E-state index in [1.807, 2.05) is 18.2 Å². The Morgan fingerprint density at radius 3 is 1.17 bits per heavy atom. The summed E-state index contributed by atoms with van der Waals surface area (Å²) < 4.78 is 2.26. The van der Waals surface area contributed by atoms with Gasteiger partial charge < -0.3 is 14.4 Å². The molecule has 15 aromatic rings. The fourth-order valence-electron chi connectivity index (χ4n) is 14.6. The van der Waals surface area contributed by atoms with E-state index in [1.54, 1.807) is 30.3 Å². The Kier molecular flexibility index (Phi) is 13.7. The molecule has 7 nitrogen and oxygen atoms in total. The van der Waals surface area contributed by atoms with Crippen molar-refractivity contribution in [2.45, 2.75) is 0 Å². The molecule has 1 aromatic heterocycles. The van der Waals surface area contributed by atoms with Crippen molar-refractivity contribution >= 4 is 79.0 Å². The van der Waals surface area contributed by atoms with Gasteiger partial charge in [-0.05, 0) is 186 Å². The highest BCUT2D eigenvalue weighted by Crippen LogP contribution is 2.49. The molecule has 0 unspecified atom stereocenters. The minimum absolute atomic E-state index is 0.192. The number of hydrogen-bond acceptors (Lipinski definition) is 6. The Morgan fingerprint density at radius 1 is 0.250 bits per heavy atom. The largest absolute Gasteiger partial charge is 0.311 e. The van der Waals surface area contributed by atoms with Crippen LogP contribution < -0.4 is 26.2 Å². The average Bonchev–Trinajstić information content (AvgIpc) is 0.708. The SMILES string of the molecule is N#Cc1ccc(-c2ccc(-n3c4ccccc4c4cc(-c5cc6c7c(c5)N(c5ccc(-c8ccccc8)cc5)c5ccc(-c8ccccc8)cc5B7c5cc(-c7ccccc7)ccc5N6c5ccc(-c6ccccc6)cc5)ccc43)c(-c3ccc(C#N)cc3C#N)c2)c(C#N)c1. The average molecular weight is 1220 g/mol. The molecule has 0 bridgehead atoms. The smallest absolute Gasteiger partial charge is 0.252 e. The number of fused-ring (bicyclic) bond motifs is 7. The van der Waals surface area contributed by atoms with Crippen molar-refractivity contribution < 1.29 is 0 Å². The van der Waals surface area contributed by atoms with Crippen molar-refractivity contribution in [2.75, 3.05) is 9.80 Å². The molecule has 0 fully saturated rings. The molecule has 0 aliphatic carbocycles. The Hall–Kier alpha value is -13.5. The number of hydrogen-bond donors (Lipinski definition) is 0. The van der Waals surface area contributed by atoms with Crippen LogP contribution in [0.1, 0.15) is 22.3 Å². The van der Waals surface area contributed by atoms with Crippen LogP contribution in [0.2, 0.25) is 0 Å². The summed E-state index contributed by atoms with van der Waals surface area (Å²) >= 11 is 0. The lowest BCUT2D eigenvalue weighted by atomic mass is 9.33. The number of rotatable bonds is 10. The van der Waals surface area contributed by atoms with Gasteiger partial charge in [0.25, 0.3) is 6.71 Å². The second-order valence-electron chi connectivity index (χ2n) is 24.4. The first-order valence-corrected chi connectivity index (χ1v) is 32.0. The summed E-state index contributed by atoms with van der Waals surface area (Å²) in [5.41, 5.74) is 28.2. The van der Waals surface area contributed by atoms with E-state index in [0.29, 0.717) is 33.4 Å². The highest BCUT2D eigenvalue weighted by atomic mass is 15.2. The van der Waals surface area contributed by atoms with Gasteiger partial charge in [0.05, 0.1) is 63.3 Å². The molecule has 0 amide bonds. The Labute approximate surface area is 556 Å². The number of nitriles is 4. The molecule has 0 N–H and O–H groups in total. The van der Waals surface area contributed by atoms with E-state index in [0.717, 1.165) is 128 Å². The van der Waals surface area contributed by atoms with Crippen LogP contribution >= 0.6 is 0 Å². The van der Waals surface area contributed by atoms with Gasteiger partial charge in [-0.25, -0.2) is 0 Å². The van der Waals surface area contributed by atoms with Crippen molar-refractivity contribution in [3.05, 3.63) is 338 Å². The fourth-order valence-corrected chi connectivity index (χ4v) is 14.6. The predicted octanol–water partition coefficient (Wildman–Crippen LogP) is 20.0. The third-order valence-electron chi connectivity index (χ3n) is 19.1. The van der Waals surface area contributed by atoms with E-state index in [9.17, 15) is 21.0 Å². The molecule has 0 radical (unpaired) electrons. The molecule has 0 saturated carbocycles. The van der Waals surface area contributed by atoms with E-state index in [1.165, 1.54) is 16.4 Å². The summed E-state index contributed by atoms with van der Waals surface area (Å²) in [7, 11) is 0. The van der Waals surface area contributed by atoms with Crippen LogP contribution in [0.4, 0.5) is 34.1 Å². The van der Waals surface area contributed by atoms with Crippen molar-refractivity contribution in [1.29, 1.82) is 21.0 Å². The lowest BCUT2D eigenvalue weighted by molar-refractivity contribution is 1.18. The van der Waals surface area contributed by atoms with Gasteiger partial charge in [0.1, 0.15) is 0 Å². The summed E-state index contributed by atoms with van der Waals surface area (Å²) in [5, 5.41) is 43.1. The lowest BCUT2D eigenvalue weighted by Crippen LogP contribution is -2.61. The van der Waals surface area contributed by atoms with Gasteiger partial charge in [-0.15, -0.1) is 0 Å². The van der Waals surface area contributed by atoms with Crippen LogP contribution in [-0.2, 0) is 0 Å². The maximum Gasteiger partial charge on any atom is 0.252 e. The number of nitrogens with zero attached hydrogens (tertiary/aromatic N) is 7. The van der Waals surface area contributed by atoms with Crippen molar-refractivity contribution in [3.63, 3.8) is 0 Å². The molecule has 0 spiro atoms. The maximum absolute atomic E-state index is 10.8. The zero-order valence-electron chi connectivity index (χ0n) is 51.7. The minimum Gasteiger partial charge on any atom is -0.311 e. The standard InChI is InChI=1S/C88H52BN7/c90-53-57-25-39-74(70(45-57)55-92)68-34-42-82(77(48-68)75-40-26-58(54-91)46-71(75)56-93)96-81-24-14-13-23-76(81)78-47-65(31-41-83(78)96)69-51-86-88-87(52-69)95(73-37-29-64(30-38-73)60-17-7-2-8-18-60)85-44-33-67(62-21-11-4-12-22-62)50-80(85)89(88)79-49-66(61-19-9-3-10-20-61)32-43-84(79)94(86)72-35-27-63(28-36-72)59-15-5-1-6-16-59/h1-52H. The molecule has 17 rings (SSSR count). The second-order valence-corrected chi connectivity index (χ2v) is 24.4. The minimum atomic E-state index is -0.192. The van der Waals surface area contributed by atoms with Gasteiger partial charge >= 0.3 is 0 Å². The zero-order valence-corrected chi connectivity index (χ0v) is 51.7. The van der Waals surface area contributed by atoms with Gasteiger partial charge in [0.2, 0.25) is 0 Å². The highest BCUT2D eigenvalue weighted by Gasteiger charge is 2.44. The first-order chi connectivity index (χ1) is 47.4. The van der Waals surface area contributed by atoms with Gasteiger partial charge in [0, 0.05) is 56.0 Å².